The van der Waals surface area contributed by atoms with Gasteiger partial charge in [0.05, 0.1) is 46.4 Å². The molecule has 2 heterocycles. The van der Waals surface area contributed by atoms with Gasteiger partial charge < -0.3 is 20.4 Å². The Balaban J connectivity index is 1.90. The van der Waals surface area contributed by atoms with Gasteiger partial charge in [-0.15, -0.1) is 11.8 Å². The summed E-state index contributed by atoms with van der Waals surface area (Å²) < 4.78 is 0. The van der Waals surface area contributed by atoms with Gasteiger partial charge in [-0.25, -0.2) is 4.90 Å². The Hall–Kier alpha value is -0.810. The van der Waals surface area contributed by atoms with Crippen LogP contribution in [0.5, 0.6) is 0 Å². The van der Waals surface area contributed by atoms with Gasteiger partial charge in [-0.2, -0.15) is 0 Å². The van der Waals surface area contributed by atoms with E-state index in [4.69, 9.17) is 16.7 Å². The second kappa shape index (κ2) is 7.43. The van der Waals surface area contributed by atoms with E-state index in [-0.39, 0.29) is 0 Å². The number of nitrogens with zero attached hydrogens (tertiary/aromatic N) is 1. The Morgan fingerprint density at radius 2 is 1.80 bits per heavy atom. The van der Waals surface area contributed by atoms with Crippen molar-refractivity contribution in [1.82, 2.24) is 0 Å². The number of aliphatic hydroxyl groups excluding tert-OH is 4. The van der Waals surface area contributed by atoms with Crippen LogP contribution in [0.1, 0.15) is 0 Å². The van der Waals surface area contributed by atoms with E-state index in [1.165, 1.54) is 12.1 Å². The van der Waals surface area contributed by atoms with Crippen LogP contribution in [-0.4, -0.2) is 72.2 Å². The predicted molar refractivity (Wildman–Crippen MR) is 96.0 cm³/mol. The summed E-state index contributed by atoms with van der Waals surface area (Å²) in [5, 5.41) is 36.7. The maximum Gasteiger partial charge on any atom is 0.293 e. The molecule has 136 valence electrons. The molecule has 3 unspecified atom stereocenters. The van der Waals surface area contributed by atoms with Gasteiger partial charge in [0.1, 0.15) is 0 Å². The molecule has 2 aliphatic heterocycles. The molecule has 0 aromatic heterocycles. The van der Waals surface area contributed by atoms with Crippen LogP contribution in [0, 0.1) is 0 Å². The molecule has 0 saturated carbocycles. The fourth-order valence-electron chi connectivity index (χ4n) is 2.86. The maximum atomic E-state index is 12.9. The van der Waals surface area contributed by atoms with Crippen LogP contribution >= 0.6 is 35.1 Å². The van der Waals surface area contributed by atoms with E-state index in [2.05, 4.69) is 0 Å². The quantitative estimate of drug-likeness (QED) is 0.573. The van der Waals surface area contributed by atoms with Crippen molar-refractivity contribution >= 4 is 52.0 Å². The topological polar surface area (TPSA) is 118 Å². The van der Waals surface area contributed by atoms with E-state index in [9.17, 15) is 24.9 Å². The number of carbonyl (C=O) groups is 2. The van der Waals surface area contributed by atoms with Crippen LogP contribution in [-0.2, 0) is 4.79 Å². The van der Waals surface area contributed by atoms with E-state index in [1.54, 1.807) is 12.1 Å². The van der Waals surface area contributed by atoms with Crippen molar-refractivity contribution < 1.29 is 30.0 Å². The summed E-state index contributed by atoms with van der Waals surface area (Å²) in [6.45, 7) is -0.611. The molecule has 10 heteroatoms. The van der Waals surface area contributed by atoms with Gasteiger partial charge in [-0.3, -0.25) is 9.59 Å². The van der Waals surface area contributed by atoms with Gasteiger partial charge in [-0.1, -0.05) is 23.4 Å². The molecular formula is C15H16ClNO6S2. The number of halogens is 1. The lowest BCUT2D eigenvalue weighted by molar-refractivity contribution is -0.118. The third-order valence-electron chi connectivity index (χ3n) is 4.16. The highest BCUT2D eigenvalue weighted by Crippen LogP contribution is 2.45. The number of thioether (sulfide) groups is 2. The number of aliphatic hydroxyl groups is 4. The molecule has 25 heavy (non-hydrogen) atoms. The summed E-state index contributed by atoms with van der Waals surface area (Å²) in [6, 6.07) is 6.19. The standard InChI is InChI=1S/C15H16ClNO6S2/c16-6-1-3-7(4-2-6)17-14(22)13-12(25-15(17)23)10(21)9(20)11(24-13)8(19)5-18/h1-4,8-13,18-21H,5H2/t8-,9+,10+,11?,12?,13?/m0/s1. The molecule has 2 amide bonds. The van der Waals surface area contributed by atoms with Gasteiger partial charge in [0.15, 0.2) is 0 Å². The van der Waals surface area contributed by atoms with Crippen molar-refractivity contribution in [3.05, 3.63) is 29.3 Å². The number of rotatable bonds is 3. The van der Waals surface area contributed by atoms with Crippen LogP contribution in [0.2, 0.25) is 5.02 Å². The summed E-state index contributed by atoms with van der Waals surface area (Å²) in [5.41, 5.74) is 0.353. The Morgan fingerprint density at radius 1 is 1.16 bits per heavy atom. The first kappa shape index (κ1) is 19.0. The third kappa shape index (κ3) is 3.42. The molecule has 0 spiro atoms. The largest absolute Gasteiger partial charge is 0.394 e. The Kier molecular flexibility index (Phi) is 5.64. The second-order valence-corrected chi connectivity index (χ2v) is 8.64. The zero-order valence-corrected chi connectivity index (χ0v) is 15.1. The van der Waals surface area contributed by atoms with Crippen molar-refractivity contribution in [3.63, 3.8) is 0 Å². The van der Waals surface area contributed by atoms with E-state index in [0.717, 1.165) is 28.4 Å². The van der Waals surface area contributed by atoms with Gasteiger partial charge in [0, 0.05) is 5.02 Å². The zero-order valence-electron chi connectivity index (χ0n) is 12.7. The normalized spacial score (nSPS) is 34.0. The number of amides is 2. The molecular weight excluding hydrogens is 390 g/mol. The van der Waals surface area contributed by atoms with Crippen LogP contribution in [0.25, 0.3) is 0 Å². The lowest BCUT2D eigenvalue weighted by Gasteiger charge is -2.46. The molecule has 4 N–H and O–H groups in total. The van der Waals surface area contributed by atoms with E-state index in [1.807, 2.05) is 0 Å². The van der Waals surface area contributed by atoms with Gasteiger partial charge in [0.25, 0.3) is 5.24 Å². The van der Waals surface area contributed by atoms with E-state index >= 15 is 0 Å². The van der Waals surface area contributed by atoms with Crippen LogP contribution < -0.4 is 4.90 Å². The highest BCUT2D eigenvalue weighted by atomic mass is 35.5. The minimum absolute atomic E-state index is 0.353. The van der Waals surface area contributed by atoms with Crippen molar-refractivity contribution in [2.45, 2.75) is 34.1 Å². The molecule has 0 bridgehead atoms. The van der Waals surface area contributed by atoms with Crippen molar-refractivity contribution in [3.8, 4) is 0 Å². The number of carbonyl (C=O) groups excluding carboxylic acids is 2. The van der Waals surface area contributed by atoms with Crippen LogP contribution in [0.4, 0.5) is 10.5 Å². The predicted octanol–water partition coefficient (Wildman–Crippen LogP) is 0.467. The number of hydrogen-bond acceptors (Lipinski definition) is 8. The summed E-state index contributed by atoms with van der Waals surface area (Å²) in [6.07, 6.45) is -4.03. The number of hydrogen-bond donors (Lipinski definition) is 4. The minimum Gasteiger partial charge on any atom is -0.394 e. The van der Waals surface area contributed by atoms with Gasteiger partial charge >= 0.3 is 0 Å². The van der Waals surface area contributed by atoms with Crippen molar-refractivity contribution in [2.75, 3.05) is 11.5 Å². The highest BCUT2D eigenvalue weighted by Gasteiger charge is 2.54. The molecule has 2 aliphatic rings. The molecule has 1 aromatic rings. The smallest absolute Gasteiger partial charge is 0.293 e. The highest BCUT2D eigenvalue weighted by molar-refractivity contribution is 8.16. The lowest BCUT2D eigenvalue weighted by atomic mass is 9.99. The summed E-state index contributed by atoms with van der Waals surface area (Å²) in [4.78, 5) is 26.3. The first-order valence-corrected chi connectivity index (χ1v) is 9.66. The summed E-state index contributed by atoms with van der Waals surface area (Å²) >= 11 is 7.56. The first-order chi connectivity index (χ1) is 11.8. The van der Waals surface area contributed by atoms with Crippen molar-refractivity contribution in [1.29, 1.82) is 0 Å². The monoisotopic (exact) mass is 405 g/mol. The molecule has 0 aliphatic carbocycles. The summed E-state index contributed by atoms with van der Waals surface area (Å²) in [5.74, 6) is -0.540. The number of fused-ring (bicyclic) bond motifs is 1. The average Bonchev–Trinajstić information content (AvgIpc) is 2.59. The molecule has 7 nitrogen and oxygen atoms in total. The SMILES string of the molecule is O=C1SC2C(SC([C@@H](O)CO)[C@H](O)[C@H]2O)C(=O)N1c1ccc(Cl)cc1. The zero-order chi connectivity index (χ0) is 18.3. The Bertz CT molecular complexity index is 674. The number of benzene rings is 1. The third-order valence-corrected chi connectivity index (χ3v) is 7.49. The average molecular weight is 406 g/mol. The number of anilines is 1. The minimum atomic E-state index is -1.37. The van der Waals surface area contributed by atoms with Crippen LogP contribution in [0.15, 0.2) is 24.3 Å². The molecule has 2 saturated heterocycles. The molecule has 2 fully saturated rings. The van der Waals surface area contributed by atoms with E-state index in [0.29, 0.717) is 10.7 Å². The molecule has 6 atom stereocenters. The molecule has 3 rings (SSSR count). The lowest BCUT2D eigenvalue weighted by Crippen LogP contribution is -2.62. The number of imide groups is 1. The Labute approximate surface area is 157 Å². The molecule has 0 radical (unpaired) electrons. The van der Waals surface area contributed by atoms with Crippen LogP contribution in [0.3, 0.4) is 0 Å². The van der Waals surface area contributed by atoms with Gasteiger partial charge in [-0.05, 0) is 24.3 Å². The molecule has 1 aromatic carbocycles. The fourth-order valence-corrected chi connectivity index (χ4v) is 5.88. The van der Waals surface area contributed by atoms with Crippen molar-refractivity contribution in [2.24, 2.45) is 0 Å². The van der Waals surface area contributed by atoms with Gasteiger partial charge in [0.2, 0.25) is 5.91 Å². The Morgan fingerprint density at radius 3 is 2.40 bits per heavy atom. The van der Waals surface area contributed by atoms with E-state index < -0.39 is 51.8 Å². The first-order valence-electron chi connectivity index (χ1n) is 7.46. The second-order valence-electron chi connectivity index (χ2n) is 5.75. The summed E-state index contributed by atoms with van der Waals surface area (Å²) in [7, 11) is 0. The maximum absolute atomic E-state index is 12.9. The fraction of sp³-hybridized carbons (Fsp3) is 0.467.